The zero-order valence-corrected chi connectivity index (χ0v) is 20.7. The second kappa shape index (κ2) is 11.6. The lowest BCUT2D eigenvalue weighted by Crippen LogP contribution is -2.45. The van der Waals surface area contributed by atoms with E-state index >= 15 is 0 Å². The number of ether oxygens (including phenoxy) is 1. The molecule has 5 rings (SSSR count). The number of benzene rings is 2. The van der Waals surface area contributed by atoms with E-state index in [1.165, 1.54) is 5.56 Å². The standard InChI is InChI=1S/C30H36N4O2/c31-30-11-5-10-28(32-30)24-12-13-27(20-24)36-26-9-4-8-25(21-26)29(35)22-34-18-16-33(17-19-34)15-14-23-6-2-1-3-7-23/h1-11,14-15,21,24,27,29,35H,12-13,16-20,22H2,(H2,31,32). The predicted octanol–water partition coefficient (Wildman–Crippen LogP) is 4.70. The Hall–Kier alpha value is -3.35. The predicted molar refractivity (Wildman–Crippen MR) is 145 cm³/mol. The Morgan fingerprint density at radius 3 is 2.58 bits per heavy atom. The first-order chi connectivity index (χ1) is 17.6. The van der Waals surface area contributed by atoms with E-state index in [-0.39, 0.29) is 6.10 Å². The third-order valence-corrected chi connectivity index (χ3v) is 7.26. The molecule has 2 heterocycles. The van der Waals surface area contributed by atoms with Gasteiger partial charge in [-0.05, 0) is 66.9 Å². The molecule has 2 fully saturated rings. The van der Waals surface area contributed by atoms with Crippen molar-refractivity contribution in [2.75, 3.05) is 38.5 Å². The van der Waals surface area contributed by atoms with Crippen molar-refractivity contribution in [1.82, 2.24) is 14.8 Å². The SMILES string of the molecule is Nc1cccc(C2CCC(Oc3cccc(C(O)CN4CCN(C=Cc5ccccc5)CC4)c3)C2)n1. The Morgan fingerprint density at radius 1 is 0.972 bits per heavy atom. The van der Waals surface area contributed by atoms with Crippen LogP contribution in [0.4, 0.5) is 5.82 Å². The zero-order valence-electron chi connectivity index (χ0n) is 20.7. The van der Waals surface area contributed by atoms with Gasteiger partial charge in [0, 0.05) is 44.3 Å². The van der Waals surface area contributed by atoms with E-state index in [1.807, 2.05) is 42.5 Å². The third-order valence-electron chi connectivity index (χ3n) is 7.26. The van der Waals surface area contributed by atoms with Gasteiger partial charge in [-0.3, -0.25) is 4.90 Å². The molecule has 0 amide bonds. The molecule has 188 valence electrons. The normalized spacial score (nSPS) is 21.6. The van der Waals surface area contributed by atoms with Gasteiger partial charge in [0.1, 0.15) is 11.6 Å². The van der Waals surface area contributed by atoms with Gasteiger partial charge in [0.2, 0.25) is 0 Å². The van der Waals surface area contributed by atoms with Crippen LogP contribution in [0.2, 0.25) is 0 Å². The van der Waals surface area contributed by atoms with E-state index in [2.05, 4.69) is 57.4 Å². The van der Waals surface area contributed by atoms with Gasteiger partial charge < -0.3 is 20.5 Å². The van der Waals surface area contributed by atoms with Crippen LogP contribution in [0, 0.1) is 0 Å². The Balaban J connectivity index is 1.10. The van der Waals surface area contributed by atoms with E-state index < -0.39 is 6.10 Å². The van der Waals surface area contributed by atoms with Gasteiger partial charge in [-0.25, -0.2) is 4.98 Å². The molecule has 0 bridgehead atoms. The molecule has 6 nitrogen and oxygen atoms in total. The van der Waals surface area contributed by atoms with Gasteiger partial charge in [0.25, 0.3) is 0 Å². The molecule has 3 unspecified atom stereocenters. The summed E-state index contributed by atoms with van der Waals surface area (Å²) in [5.41, 5.74) is 9.04. The minimum Gasteiger partial charge on any atom is -0.490 e. The van der Waals surface area contributed by atoms with Crippen LogP contribution in [0.3, 0.4) is 0 Å². The Kier molecular flexibility index (Phi) is 7.84. The van der Waals surface area contributed by atoms with E-state index in [0.29, 0.717) is 18.3 Å². The quantitative estimate of drug-likeness (QED) is 0.483. The smallest absolute Gasteiger partial charge is 0.123 e. The summed E-state index contributed by atoms with van der Waals surface area (Å²) in [5, 5.41) is 10.9. The summed E-state index contributed by atoms with van der Waals surface area (Å²) in [6.07, 6.45) is 6.95. The molecule has 1 aliphatic heterocycles. The number of aromatic nitrogens is 1. The van der Waals surface area contributed by atoms with Crippen molar-refractivity contribution >= 4 is 11.9 Å². The van der Waals surface area contributed by atoms with Crippen LogP contribution in [0.5, 0.6) is 5.75 Å². The van der Waals surface area contributed by atoms with Crippen molar-refractivity contribution in [3.8, 4) is 5.75 Å². The van der Waals surface area contributed by atoms with Crippen molar-refractivity contribution in [2.45, 2.75) is 37.4 Å². The highest BCUT2D eigenvalue weighted by Gasteiger charge is 2.28. The van der Waals surface area contributed by atoms with Crippen molar-refractivity contribution in [1.29, 1.82) is 0 Å². The number of hydrogen-bond acceptors (Lipinski definition) is 6. The van der Waals surface area contributed by atoms with Crippen LogP contribution in [-0.2, 0) is 0 Å². The molecule has 6 heteroatoms. The number of pyridine rings is 1. The highest BCUT2D eigenvalue weighted by atomic mass is 16.5. The van der Waals surface area contributed by atoms with Crippen molar-refractivity contribution in [2.24, 2.45) is 0 Å². The molecule has 2 aromatic carbocycles. The largest absolute Gasteiger partial charge is 0.490 e. The Bertz CT molecular complexity index is 1140. The monoisotopic (exact) mass is 484 g/mol. The molecule has 0 radical (unpaired) electrons. The number of nitrogens with two attached hydrogens (primary N) is 1. The van der Waals surface area contributed by atoms with Gasteiger partial charge in [-0.2, -0.15) is 0 Å². The lowest BCUT2D eigenvalue weighted by atomic mass is 10.0. The van der Waals surface area contributed by atoms with E-state index in [0.717, 1.165) is 62.4 Å². The number of anilines is 1. The third kappa shape index (κ3) is 6.45. The van der Waals surface area contributed by atoms with Gasteiger partial charge in [-0.1, -0.05) is 48.5 Å². The number of nitrogens with zero attached hydrogens (tertiary/aromatic N) is 3. The second-order valence-electron chi connectivity index (χ2n) is 9.89. The topological polar surface area (TPSA) is 74.9 Å². The fraction of sp³-hybridized carbons (Fsp3) is 0.367. The molecular formula is C30H36N4O2. The van der Waals surface area contributed by atoms with E-state index in [9.17, 15) is 5.11 Å². The number of hydrogen-bond donors (Lipinski definition) is 2. The Labute approximate surface area is 214 Å². The Morgan fingerprint density at radius 2 is 1.78 bits per heavy atom. The average molecular weight is 485 g/mol. The lowest BCUT2D eigenvalue weighted by molar-refractivity contribution is 0.0854. The number of piperazine rings is 1. The minimum atomic E-state index is -0.534. The summed E-state index contributed by atoms with van der Waals surface area (Å²) in [5.74, 6) is 1.78. The summed E-state index contributed by atoms with van der Waals surface area (Å²) >= 11 is 0. The molecule has 3 aromatic rings. The molecule has 3 atom stereocenters. The molecule has 1 saturated heterocycles. The summed E-state index contributed by atoms with van der Waals surface area (Å²) in [6.45, 7) is 4.43. The molecular weight excluding hydrogens is 448 g/mol. The van der Waals surface area contributed by atoms with Crippen LogP contribution in [0.15, 0.2) is 79.0 Å². The zero-order chi connectivity index (χ0) is 24.7. The van der Waals surface area contributed by atoms with Crippen LogP contribution in [0.25, 0.3) is 6.08 Å². The second-order valence-corrected chi connectivity index (χ2v) is 9.89. The minimum absolute atomic E-state index is 0.155. The summed E-state index contributed by atoms with van der Waals surface area (Å²) in [6, 6.07) is 24.2. The molecule has 1 saturated carbocycles. The molecule has 0 spiro atoms. The number of aliphatic hydroxyl groups is 1. The van der Waals surface area contributed by atoms with Gasteiger partial charge >= 0.3 is 0 Å². The number of nitrogen functional groups attached to an aromatic ring is 1. The van der Waals surface area contributed by atoms with Crippen molar-refractivity contribution < 1.29 is 9.84 Å². The van der Waals surface area contributed by atoms with Crippen molar-refractivity contribution in [3.63, 3.8) is 0 Å². The molecule has 1 aromatic heterocycles. The molecule has 3 N–H and O–H groups in total. The fourth-order valence-corrected chi connectivity index (χ4v) is 5.20. The first-order valence-corrected chi connectivity index (χ1v) is 13.0. The highest BCUT2D eigenvalue weighted by molar-refractivity contribution is 5.48. The van der Waals surface area contributed by atoms with E-state index in [4.69, 9.17) is 10.5 Å². The van der Waals surface area contributed by atoms with Crippen LogP contribution < -0.4 is 10.5 Å². The summed E-state index contributed by atoms with van der Waals surface area (Å²) < 4.78 is 6.32. The lowest BCUT2D eigenvalue weighted by Gasteiger charge is -2.35. The van der Waals surface area contributed by atoms with Crippen LogP contribution >= 0.6 is 0 Å². The van der Waals surface area contributed by atoms with Gasteiger partial charge in [-0.15, -0.1) is 0 Å². The van der Waals surface area contributed by atoms with E-state index in [1.54, 1.807) is 0 Å². The van der Waals surface area contributed by atoms with Gasteiger partial charge in [0.05, 0.1) is 12.2 Å². The number of aliphatic hydroxyl groups excluding tert-OH is 1. The average Bonchev–Trinajstić information content (AvgIpc) is 3.37. The summed E-state index contributed by atoms with van der Waals surface area (Å²) in [7, 11) is 0. The maximum absolute atomic E-state index is 10.9. The number of rotatable bonds is 8. The first kappa shape index (κ1) is 24.3. The fourth-order valence-electron chi connectivity index (χ4n) is 5.20. The van der Waals surface area contributed by atoms with Crippen molar-refractivity contribution in [3.05, 3.63) is 95.8 Å². The van der Waals surface area contributed by atoms with Gasteiger partial charge in [0.15, 0.2) is 0 Å². The van der Waals surface area contributed by atoms with Crippen LogP contribution in [-0.4, -0.2) is 58.7 Å². The maximum atomic E-state index is 10.9. The summed E-state index contributed by atoms with van der Waals surface area (Å²) in [4.78, 5) is 9.18. The molecule has 1 aliphatic carbocycles. The number of β-amino-alcohol motifs (C(OH)–C–C–N with tert-alkyl or cyclic N) is 1. The maximum Gasteiger partial charge on any atom is 0.123 e. The van der Waals surface area contributed by atoms with Crippen LogP contribution in [0.1, 0.15) is 48.1 Å². The molecule has 36 heavy (non-hydrogen) atoms. The first-order valence-electron chi connectivity index (χ1n) is 13.0. The molecule has 2 aliphatic rings. The highest BCUT2D eigenvalue weighted by Crippen LogP contribution is 2.36.